The summed E-state index contributed by atoms with van der Waals surface area (Å²) in [7, 11) is 1.41. The molecule has 1 atom stereocenters. The molecule has 1 aromatic rings. The number of hydrogen-bond donors (Lipinski definition) is 1. The minimum absolute atomic E-state index is 0.0517. The van der Waals surface area contributed by atoms with E-state index in [1.54, 1.807) is 0 Å². The van der Waals surface area contributed by atoms with Gasteiger partial charge < -0.3 is 10.1 Å². The molecule has 1 aromatic carbocycles. The maximum Gasteiger partial charge on any atom is 0.416 e. The van der Waals surface area contributed by atoms with Crippen LogP contribution in [0.5, 0.6) is 0 Å². The van der Waals surface area contributed by atoms with Crippen molar-refractivity contribution in [3.8, 4) is 0 Å². The summed E-state index contributed by atoms with van der Waals surface area (Å²) in [5.41, 5.74) is -1.77. The van der Waals surface area contributed by atoms with Crippen LogP contribution in [0.15, 0.2) is 18.2 Å². The Balaban J connectivity index is 2.82. The third kappa shape index (κ3) is 4.64. The van der Waals surface area contributed by atoms with Crippen molar-refractivity contribution < 1.29 is 27.1 Å². The summed E-state index contributed by atoms with van der Waals surface area (Å²) in [5, 5.41) is 1.69. The average Bonchev–Trinajstić information content (AvgIpc) is 2.35. The zero-order valence-corrected chi connectivity index (χ0v) is 11.2. The standard InChI is InChI=1S/C12H12ClF4NO2/c1-20-6-8(13)5-18-11(19)9-4-7(12(15,16)17)2-3-10(9)14/h2-4,8H,5-6H2,1H3,(H,18,19). The number of methoxy groups -OCH3 is 1. The molecule has 3 nitrogen and oxygen atoms in total. The first-order valence-electron chi connectivity index (χ1n) is 5.53. The lowest BCUT2D eigenvalue weighted by molar-refractivity contribution is -0.137. The van der Waals surface area contributed by atoms with Gasteiger partial charge in [0.1, 0.15) is 5.82 Å². The van der Waals surface area contributed by atoms with Crippen molar-refractivity contribution in [1.82, 2.24) is 5.32 Å². The highest BCUT2D eigenvalue weighted by molar-refractivity contribution is 6.21. The van der Waals surface area contributed by atoms with Crippen LogP contribution in [0.3, 0.4) is 0 Å². The number of nitrogens with one attached hydrogen (secondary N) is 1. The van der Waals surface area contributed by atoms with Gasteiger partial charge in [-0.3, -0.25) is 4.79 Å². The summed E-state index contributed by atoms with van der Waals surface area (Å²) < 4.78 is 55.6. The first-order valence-corrected chi connectivity index (χ1v) is 5.97. The van der Waals surface area contributed by atoms with Gasteiger partial charge in [-0.05, 0) is 18.2 Å². The number of alkyl halides is 4. The first kappa shape index (κ1) is 16.7. The van der Waals surface area contributed by atoms with Crippen LogP contribution in [0.4, 0.5) is 17.6 Å². The molecule has 0 saturated carbocycles. The Morgan fingerprint density at radius 3 is 2.65 bits per heavy atom. The number of ether oxygens (including phenoxy) is 1. The van der Waals surface area contributed by atoms with E-state index in [4.69, 9.17) is 16.3 Å². The van der Waals surface area contributed by atoms with E-state index in [0.717, 1.165) is 0 Å². The van der Waals surface area contributed by atoms with Crippen LogP contribution >= 0.6 is 11.6 Å². The Morgan fingerprint density at radius 2 is 2.10 bits per heavy atom. The largest absolute Gasteiger partial charge is 0.416 e. The molecule has 0 aliphatic rings. The van der Waals surface area contributed by atoms with Crippen molar-refractivity contribution in [2.24, 2.45) is 0 Å². The minimum atomic E-state index is -4.65. The quantitative estimate of drug-likeness (QED) is 0.670. The fourth-order valence-corrected chi connectivity index (χ4v) is 1.62. The molecular weight excluding hydrogens is 302 g/mol. The number of hydrogen-bond acceptors (Lipinski definition) is 2. The summed E-state index contributed by atoms with van der Waals surface area (Å²) >= 11 is 5.74. The van der Waals surface area contributed by atoms with Crippen LogP contribution < -0.4 is 5.32 Å². The summed E-state index contributed by atoms with van der Waals surface area (Å²) in [5.74, 6) is -2.00. The zero-order chi connectivity index (χ0) is 15.3. The predicted molar refractivity (Wildman–Crippen MR) is 65.3 cm³/mol. The molecule has 20 heavy (non-hydrogen) atoms. The third-order valence-electron chi connectivity index (χ3n) is 2.37. The number of halogens is 5. The summed E-state index contributed by atoms with van der Waals surface area (Å²) in [6, 6.07) is 1.64. The lowest BCUT2D eigenvalue weighted by Gasteiger charge is -2.12. The molecule has 1 amide bonds. The Kier molecular flexibility index (Phi) is 5.76. The first-order chi connectivity index (χ1) is 9.25. The monoisotopic (exact) mass is 313 g/mol. The SMILES string of the molecule is COCC(Cl)CNC(=O)c1cc(C(F)(F)F)ccc1F. The van der Waals surface area contributed by atoms with Gasteiger partial charge in [-0.25, -0.2) is 4.39 Å². The van der Waals surface area contributed by atoms with Gasteiger partial charge in [0, 0.05) is 13.7 Å². The van der Waals surface area contributed by atoms with Gasteiger partial charge in [0.05, 0.1) is 23.1 Å². The second-order valence-electron chi connectivity index (χ2n) is 3.96. The summed E-state index contributed by atoms with van der Waals surface area (Å²) in [6.07, 6.45) is -4.65. The van der Waals surface area contributed by atoms with Gasteiger partial charge in [0.15, 0.2) is 0 Å². The Bertz CT molecular complexity index is 479. The molecular formula is C12H12ClF4NO2. The van der Waals surface area contributed by atoms with Gasteiger partial charge in [0.2, 0.25) is 0 Å². The van der Waals surface area contributed by atoms with Crippen LogP contribution in [0.2, 0.25) is 0 Å². The third-order valence-corrected chi connectivity index (χ3v) is 2.65. The highest BCUT2D eigenvalue weighted by Crippen LogP contribution is 2.30. The van der Waals surface area contributed by atoms with E-state index < -0.39 is 34.4 Å². The highest BCUT2D eigenvalue weighted by Gasteiger charge is 2.31. The fraction of sp³-hybridized carbons (Fsp3) is 0.417. The molecule has 1 rings (SSSR count). The Labute approximate surface area is 117 Å². The normalized spacial score (nSPS) is 13.1. The lowest BCUT2D eigenvalue weighted by Crippen LogP contribution is -2.32. The van der Waals surface area contributed by atoms with Crippen molar-refractivity contribution in [2.45, 2.75) is 11.6 Å². The molecule has 0 aliphatic carbocycles. The number of benzene rings is 1. The fourth-order valence-electron chi connectivity index (χ4n) is 1.41. The molecule has 0 spiro atoms. The van der Waals surface area contributed by atoms with E-state index in [1.807, 2.05) is 0 Å². The smallest absolute Gasteiger partial charge is 0.383 e. The molecule has 112 valence electrons. The van der Waals surface area contributed by atoms with Gasteiger partial charge in [0.25, 0.3) is 5.91 Å². The topological polar surface area (TPSA) is 38.3 Å². The summed E-state index contributed by atoms with van der Waals surface area (Å²) in [6.45, 7) is 0.0941. The average molecular weight is 314 g/mol. The zero-order valence-electron chi connectivity index (χ0n) is 10.4. The van der Waals surface area contributed by atoms with Crippen LogP contribution in [-0.2, 0) is 10.9 Å². The molecule has 1 N–H and O–H groups in total. The number of carbonyl (C=O) groups is 1. The Hall–Kier alpha value is -1.34. The van der Waals surface area contributed by atoms with Crippen molar-refractivity contribution in [2.75, 3.05) is 20.3 Å². The second kappa shape index (κ2) is 6.90. The second-order valence-corrected chi connectivity index (χ2v) is 4.57. The van der Waals surface area contributed by atoms with Crippen LogP contribution in [0.1, 0.15) is 15.9 Å². The van der Waals surface area contributed by atoms with Crippen LogP contribution in [0.25, 0.3) is 0 Å². The van der Waals surface area contributed by atoms with E-state index >= 15 is 0 Å². The number of amides is 1. The van der Waals surface area contributed by atoms with Crippen LogP contribution in [-0.4, -0.2) is 31.5 Å². The molecule has 0 bridgehead atoms. The number of carbonyl (C=O) groups excluding carboxylic acids is 1. The molecule has 8 heteroatoms. The molecule has 0 radical (unpaired) electrons. The molecule has 0 aliphatic heterocycles. The molecule has 0 fully saturated rings. The van der Waals surface area contributed by atoms with E-state index in [9.17, 15) is 22.4 Å². The van der Waals surface area contributed by atoms with Crippen LogP contribution in [0, 0.1) is 5.82 Å². The van der Waals surface area contributed by atoms with E-state index in [1.165, 1.54) is 7.11 Å². The van der Waals surface area contributed by atoms with Crippen molar-refractivity contribution in [1.29, 1.82) is 0 Å². The van der Waals surface area contributed by atoms with Crippen molar-refractivity contribution in [3.63, 3.8) is 0 Å². The number of rotatable bonds is 5. The van der Waals surface area contributed by atoms with Gasteiger partial charge in [-0.1, -0.05) is 0 Å². The van der Waals surface area contributed by atoms with E-state index in [2.05, 4.69) is 5.32 Å². The van der Waals surface area contributed by atoms with Gasteiger partial charge in [-0.15, -0.1) is 11.6 Å². The van der Waals surface area contributed by atoms with Gasteiger partial charge >= 0.3 is 6.18 Å². The predicted octanol–water partition coefficient (Wildman–Crippen LogP) is 2.83. The lowest BCUT2D eigenvalue weighted by atomic mass is 10.1. The maximum atomic E-state index is 13.4. The molecule has 0 aromatic heterocycles. The Morgan fingerprint density at radius 1 is 1.45 bits per heavy atom. The highest BCUT2D eigenvalue weighted by atomic mass is 35.5. The molecule has 0 heterocycles. The van der Waals surface area contributed by atoms with Gasteiger partial charge in [-0.2, -0.15) is 13.2 Å². The minimum Gasteiger partial charge on any atom is -0.383 e. The van der Waals surface area contributed by atoms with E-state index in [-0.39, 0.29) is 13.2 Å². The van der Waals surface area contributed by atoms with Crippen molar-refractivity contribution >= 4 is 17.5 Å². The summed E-state index contributed by atoms with van der Waals surface area (Å²) in [4.78, 5) is 11.6. The van der Waals surface area contributed by atoms with Crippen molar-refractivity contribution in [3.05, 3.63) is 35.1 Å². The maximum absolute atomic E-state index is 13.4. The molecule has 1 unspecified atom stereocenters. The molecule has 0 saturated heterocycles. The van der Waals surface area contributed by atoms with E-state index in [0.29, 0.717) is 18.2 Å².